The van der Waals surface area contributed by atoms with Crippen LogP contribution in [0.3, 0.4) is 0 Å². The summed E-state index contributed by atoms with van der Waals surface area (Å²) < 4.78 is 1.26. The Hall–Kier alpha value is -0.560. The lowest BCUT2D eigenvalue weighted by molar-refractivity contribution is 0.0953. The van der Waals surface area contributed by atoms with Crippen LogP contribution in [0.25, 0.3) is 0 Å². The molecule has 1 fully saturated rings. The Balaban J connectivity index is 2.08. The van der Waals surface area contributed by atoms with Crippen molar-refractivity contribution in [2.45, 2.75) is 25.1 Å². The van der Waals surface area contributed by atoms with E-state index < -0.39 is 0 Å². The molecule has 3 N–H and O–H groups in total. The SMILES string of the molecule is CC1(C)CN(Cc2ccc(C(=O)NN)cc2Br)CCS1. The summed E-state index contributed by atoms with van der Waals surface area (Å²) in [5, 5.41) is 0. The van der Waals surface area contributed by atoms with Crippen molar-refractivity contribution < 1.29 is 4.79 Å². The number of thioether (sulfide) groups is 1. The molecule has 0 unspecified atom stereocenters. The van der Waals surface area contributed by atoms with Gasteiger partial charge >= 0.3 is 0 Å². The molecule has 2 rings (SSSR count). The second-order valence-corrected chi connectivity index (χ2v) is 8.25. The van der Waals surface area contributed by atoms with Gasteiger partial charge in [0.05, 0.1) is 0 Å². The number of hydrogen-bond donors (Lipinski definition) is 2. The molecule has 4 nitrogen and oxygen atoms in total. The Labute approximate surface area is 132 Å². The van der Waals surface area contributed by atoms with Crippen molar-refractivity contribution in [2.24, 2.45) is 5.84 Å². The zero-order valence-corrected chi connectivity index (χ0v) is 14.2. The Kier molecular flexibility index (Phi) is 5.12. The fourth-order valence-electron chi connectivity index (χ4n) is 2.39. The van der Waals surface area contributed by atoms with E-state index in [2.05, 4.69) is 40.1 Å². The number of halogens is 1. The number of nitrogens with two attached hydrogens (primary N) is 1. The summed E-state index contributed by atoms with van der Waals surface area (Å²) in [4.78, 5) is 13.9. The largest absolute Gasteiger partial charge is 0.297 e. The molecular weight excluding hydrogens is 338 g/mol. The van der Waals surface area contributed by atoms with E-state index in [9.17, 15) is 4.79 Å². The highest BCUT2D eigenvalue weighted by atomic mass is 79.9. The summed E-state index contributed by atoms with van der Waals surface area (Å²) in [6.45, 7) is 7.65. The summed E-state index contributed by atoms with van der Waals surface area (Å²) in [5.41, 5.74) is 3.91. The van der Waals surface area contributed by atoms with Crippen LogP contribution >= 0.6 is 27.7 Å². The molecule has 1 amide bonds. The van der Waals surface area contributed by atoms with E-state index in [1.807, 2.05) is 30.0 Å². The number of nitrogen functional groups attached to an aromatic ring is 1. The van der Waals surface area contributed by atoms with Gasteiger partial charge in [0.25, 0.3) is 5.91 Å². The first-order valence-electron chi connectivity index (χ1n) is 6.57. The fraction of sp³-hybridized carbons (Fsp3) is 0.500. The molecule has 1 saturated heterocycles. The third kappa shape index (κ3) is 3.97. The maximum absolute atomic E-state index is 11.5. The summed E-state index contributed by atoms with van der Waals surface area (Å²) in [6.07, 6.45) is 0. The van der Waals surface area contributed by atoms with E-state index >= 15 is 0 Å². The molecule has 20 heavy (non-hydrogen) atoms. The molecule has 0 aliphatic carbocycles. The average molecular weight is 358 g/mol. The van der Waals surface area contributed by atoms with E-state index in [-0.39, 0.29) is 5.91 Å². The van der Waals surface area contributed by atoms with Crippen LogP contribution in [0.5, 0.6) is 0 Å². The summed E-state index contributed by atoms with van der Waals surface area (Å²) >= 11 is 5.58. The number of carbonyl (C=O) groups excluding carboxylic acids is 1. The predicted molar refractivity (Wildman–Crippen MR) is 87.6 cm³/mol. The van der Waals surface area contributed by atoms with Gasteiger partial charge in [0, 0.05) is 40.2 Å². The van der Waals surface area contributed by atoms with E-state index in [1.165, 1.54) is 5.56 Å². The fourth-order valence-corrected chi connectivity index (χ4v) is 4.07. The van der Waals surface area contributed by atoms with Gasteiger partial charge in [-0.2, -0.15) is 11.8 Å². The highest BCUT2D eigenvalue weighted by molar-refractivity contribution is 9.10. The topological polar surface area (TPSA) is 58.4 Å². The number of rotatable bonds is 3. The van der Waals surface area contributed by atoms with Crippen molar-refractivity contribution in [1.82, 2.24) is 10.3 Å². The minimum absolute atomic E-state index is 0.271. The number of hydrazine groups is 1. The highest BCUT2D eigenvalue weighted by Crippen LogP contribution is 2.31. The second-order valence-electron chi connectivity index (χ2n) is 5.60. The van der Waals surface area contributed by atoms with Crippen molar-refractivity contribution in [3.8, 4) is 0 Å². The number of nitrogens with zero attached hydrogens (tertiary/aromatic N) is 1. The van der Waals surface area contributed by atoms with Gasteiger partial charge in [-0.1, -0.05) is 22.0 Å². The van der Waals surface area contributed by atoms with Crippen molar-refractivity contribution >= 4 is 33.6 Å². The van der Waals surface area contributed by atoms with Crippen LogP contribution in [0.15, 0.2) is 22.7 Å². The Morgan fingerprint density at radius 1 is 1.55 bits per heavy atom. The summed E-state index contributed by atoms with van der Waals surface area (Å²) in [7, 11) is 0. The number of hydrogen-bond acceptors (Lipinski definition) is 4. The molecule has 6 heteroatoms. The number of carbonyl (C=O) groups is 1. The molecule has 0 spiro atoms. The van der Waals surface area contributed by atoms with Crippen LogP contribution in [-0.2, 0) is 6.54 Å². The van der Waals surface area contributed by atoms with Crippen LogP contribution in [0, 0.1) is 0 Å². The molecule has 0 saturated carbocycles. The molecule has 1 aromatic rings. The molecule has 0 bridgehead atoms. The van der Waals surface area contributed by atoms with Gasteiger partial charge in [-0.3, -0.25) is 15.1 Å². The predicted octanol–water partition coefficient (Wildman–Crippen LogP) is 2.38. The van der Waals surface area contributed by atoms with Crippen molar-refractivity contribution in [3.63, 3.8) is 0 Å². The molecule has 1 aliphatic rings. The molecule has 0 aromatic heterocycles. The number of benzene rings is 1. The molecule has 0 radical (unpaired) electrons. The van der Waals surface area contributed by atoms with Gasteiger partial charge in [-0.05, 0) is 31.5 Å². The quantitative estimate of drug-likeness (QED) is 0.495. The summed E-state index contributed by atoms with van der Waals surface area (Å²) in [5.74, 6) is 6.04. The maximum Gasteiger partial charge on any atom is 0.265 e. The standard InChI is InChI=1S/C14H20BrN3OS/c1-14(2)9-18(5-6-20-14)8-11-4-3-10(7-12(11)15)13(19)17-16/h3-4,7H,5-6,8-9,16H2,1-2H3,(H,17,19). The van der Waals surface area contributed by atoms with Crippen LogP contribution < -0.4 is 11.3 Å². The number of nitrogens with one attached hydrogen (secondary N) is 1. The smallest absolute Gasteiger partial charge is 0.265 e. The van der Waals surface area contributed by atoms with Gasteiger partial charge in [0.1, 0.15) is 0 Å². The van der Waals surface area contributed by atoms with Crippen molar-refractivity contribution in [2.75, 3.05) is 18.8 Å². The summed E-state index contributed by atoms with van der Waals surface area (Å²) in [6, 6.07) is 5.62. The minimum atomic E-state index is -0.271. The number of amides is 1. The van der Waals surface area contributed by atoms with E-state index in [0.29, 0.717) is 10.3 Å². The molecule has 0 atom stereocenters. The first kappa shape index (κ1) is 15.8. The zero-order valence-electron chi connectivity index (χ0n) is 11.8. The van der Waals surface area contributed by atoms with Gasteiger partial charge in [0.2, 0.25) is 0 Å². The van der Waals surface area contributed by atoms with Crippen LogP contribution in [0.2, 0.25) is 0 Å². The molecule has 110 valence electrons. The third-order valence-corrected chi connectivity index (χ3v) is 5.38. The Bertz CT molecular complexity index is 507. The van der Waals surface area contributed by atoms with E-state index in [4.69, 9.17) is 5.84 Å². The molecule has 1 heterocycles. The lowest BCUT2D eigenvalue weighted by atomic mass is 10.1. The highest BCUT2D eigenvalue weighted by Gasteiger charge is 2.27. The van der Waals surface area contributed by atoms with Gasteiger partial charge in [-0.15, -0.1) is 0 Å². The molecule has 1 aromatic carbocycles. The minimum Gasteiger partial charge on any atom is -0.297 e. The van der Waals surface area contributed by atoms with Crippen LogP contribution in [-0.4, -0.2) is 34.4 Å². The van der Waals surface area contributed by atoms with Crippen molar-refractivity contribution in [1.29, 1.82) is 0 Å². The van der Waals surface area contributed by atoms with Gasteiger partial charge < -0.3 is 0 Å². The maximum atomic E-state index is 11.5. The van der Waals surface area contributed by atoms with Gasteiger partial charge in [-0.25, -0.2) is 5.84 Å². The first-order valence-corrected chi connectivity index (χ1v) is 8.35. The third-order valence-electron chi connectivity index (χ3n) is 3.34. The zero-order chi connectivity index (χ0) is 14.8. The van der Waals surface area contributed by atoms with Crippen LogP contribution in [0.4, 0.5) is 0 Å². The average Bonchev–Trinajstić information content (AvgIpc) is 2.39. The first-order chi connectivity index (χ1) is 9.41. The van der Waals surface area contributed by atoms with Crippen molar-refractivity contribution in [3.05, 3.63) is 33.8 Å². The lowest BCUT2D eigenvalue weighted by Gasteiger charge is -2.37. The van der Waals surface area contributed by atoms with Crippen LogP contribution in [0.1, 0.15) is 29.8 Å². The molecule has 1 aliphatic heterocycles. The molecular formula is C14H20BrN3OS. The normalized spacial score (nSPS) is 18.8. The monoisotopic (exact) mass is 357 g/mol. The van der Waals surface area contributed by atoms with E-state index in [1.54, 1.807) is 0 Å². The Morgan fingerprint density at radius 3 is 2.90 bits per heavy atom. The lowest BCUT2D eigenvalue weighted by Crippen LogP contribution is -2.42. The second kappa shape index (κ2) is 6.47. The Morgan fingerprint density at radius 2 is 2.30 bits per heavy atom. The van der Waals surface area contributed by atoms with Gasteiger partial charge in [0.15, 0.2) is 0 Å². The van der Waals surface area contributed by atoms with E-state index in [0.717, 1.165) is 29.9 Å².